The van der Waals surface area contributed by atoms with Gasteiger partial charge >= 0.3 is 0 Å². The fraction of sp³-hybridized carbons (Fsp3) is 0.200. The Morgan fingerprint density at radius 1 is 0.731 bits per heavy atom. The summed E-state index contributed by atoms with van der Waals surface area (Å²) >= 11 is 0. The number of methoxy groups -OCH3 is 4. The van der Waals surface area contributed by atoms with Gasteiger partial charge in [0.15, 0.2) is 23.0 Å². The minimum Gasteiger partial charge on any atom is -0.504 e. The van der Waals surface area contributed by atoms with E-state index >= 15 is 0 Å². The Balaban J connectivity index is 2.13. The number of rotatable bonds is 6. The summed E-state index contributed by atoms with van der Waals surface area (Å²) in [5.74, 6) is 2.66. The summed E-state index contributed by atoms with van der Waals surface area (Å²) < 4.78 is 27.0. The van der Waals surface area contributed by atoms with Crippen LogP contribution in [0.3, 0.4) is 0 Å². The van der Waals surface area contributed by atoms with Gasteiger partial charge in [-0.25, -0.2) is 0 Å². The predicted octanol–water partition coefficient (Wildman–Crippen LogP) is 4.35. The van der Waals surface area contributed by atoms with E-state index in [9.17, 15) is 5.11 Å². The second kappa shape index (κ2) is 7.31. The van der Waals surface area contributed by atoms with Gasteiger partial charge in [-0.3, -0.25) is 0 Å². The van der Waals surface area contributed by atoms with E-state index in [4.69, 9.17) is 23.4 Å². The molecule has 26 heavy (non-hydrogen) atoms. The smallest absolute Gasteiger partial charge is 0.203 e. The van der Waals surface area contributed by atoms with Gasteiger partial charge < -0.3 is 28.5 Å². The van der Waals surface area contributed by atoms with Crippen LogP contribution < -0.4 is 18.9 Å². The van der Waals surface area contributed by atoms with Crippen molar-refractivity contribution in [2.24, 2.45) is 0 Å². The molecule has 0 aliphatic heterocycles. The van der Waals surface area contributed by atoms with Gasteiger partial charge in [0.2, 0.25) is 5.75 Å². The van der Waals surface area contributed by atoms with E-state index < -0.39 is 0 Å². The number of aromatic hydroxyl groups is 1. The van der Waals surface area contributed by atoms with Crippen LogP contribution in [0.1, 0.15) is 0 Å². The number of benzene rings is 2. The Labute approximate surface area is 151 Å². The first-order valence-corrected chi connectivity index (χ1v) is 7.88. The molecule has 6 heteroatoms. The van der Waals surface area contributed by atoms with E-state index in [-0.39, 0.29) is 5.75 Å². The van der Waals surface area contributed by atoms with Crippen LogP contribution in [-0.4, -0.2) is 33.5 Å². The van der Waals surface area contributed by atoms with E-state index in [1.807, 2.05) is 24.3 Å². The normalized spacial score (nSPS) is 10.5. The van der Waals surface area contributed by atoms with E-state index in [0.29, 0.717) is 28.8 Å². The van der Waals surface area contributed by atoms with Crippen LogP contribution in [0.5, 0.6) is 28.7 Å². The fourth-order valence-corrected chi connectivity index (χ4v) is 2.83. The molecule has 0 spiro atoms. The molecule has 1 heterocycles. The molecule has 3 aromatic rings. The highest BCUT2D eigenvalue weighted by molar-refractivity contribution is 5.82. The summed E-state index contributed by atoms with van der Waals surface area (Å²) in [6, 6.07) is 10.6. The van der Waals surface area contributed by atoms with Crippen LogP contribution in [0, 0.1) is 0 Å². The van der Waals surface area contributed by atoms with Crippen LogP contribution in [0.15, 0.2) is 47.1 Å². The Morgan fingerprint density at radius 2 is 1.38 bits per heavy atom. The van der Waals surface area contributed by atoms with Crippen LogP contribution in [0.4, 0.5) is 0 Å². The average molecular weight is 356 g/mol. The highest BCUT2D eigenvalue weighted by atomic mass is 16.5. The standard InChI is InChI=1S/C20H20O6/c1-22-16-6-5-12(9-15(16)21)19-14(7-8-26-19)13-10-17(23-2)20(25-4)18(11-13)24-3/h5-11,21H,1-4H3. The van der Waals surface area contributed by atoms with Crippen molar-refractivity contribution in [1.82, 2.24) is 0 Å². The molecular weight excluding hydrogens is 336 g/mol. The maximum Gasteiger partial charge on any atom is 0.203 e. The quantitative estimate of drug-likeness (QED) is 0.708. The maximum atomic E-state index is 10.1. The van der Waals surface area contributed by atoms with Gasteiger partial charge in [0.25, 0.3) is 0 Å². The van der Waals surface area contributed by atoms with Gasteiger partial charge in [-0.1, -0.05) is 0 Å². The zero-order valence-corrected chi connectivity index (χ0v) is 15.0. The van der Waals surface area contributed by atoms with Crippen molar-refractivity contribution in [3.63, 3.8) is 0 Å². The number of phenolic OH excluding ortho intramolecular Hbond substituents is 1. The lowest BCUT2D eigenvalue weighted by molar-refractivity contribution is 0.324. The topological polar surface area (TPSA) is 70.3 Å². The number of furan rings is 1. The third-order valence-corrected chi connectivity index (χ3v) is 4.08. The molecule has 0 bridgehead atoms. The Bertz CT molecular complexity index is 887. The maximum absolute atomic E-state index is 10.1. The highest BCUT2D eigenvalue weighted by Crippen LogP contribution is 2.44. The van der Waals surface area contributed by atoms with Crippen molar-refractivity contribution in [1.29, 1.82) is 0 Å². The molecule has 0 aliphatic carbocycles. The van der Waals surface area contributed by atoms with Gasteiger partial charge in [0, 0.05) is 11.1 Å². The Hall–Kier alpha value is -3.28. The molecule has 0 amide bonds. The molecule has 2 aromatic carbocycles. The second-order valence-electron chi connectivity index (χ2n) is 5.46. The van der Waals surface area contributed by atoms with E-state index in [1.165, 1.54) is 7.11 Å². The second-order valence-corrected chi connectivity index (χ2v) is 5.46. The average Bonchev–Trinajstić information content (AvgIpc) is 3.16. The van der Waals surface area contributed by atoms with Crippen LogP contribution in [-0.2, 0) is 0 Å². The lowest BCUT2D eigenvalue weighted by atomic mass is 10.0. The molecule has 1 N–H and O–H groups in total. The first-order valence-electron chi connectivity index (χ1n) is 7.88. The van der Waals surface area contributed by atoms with Crippen molar-refractivity contribution in [3.8, 4) is 51.2 Å². The third kappa shape index (κ3) is 3.01. The van der Waals surface area contributed by atoms with Crippen molar-refractivity contribution < 1.29 is 28.5 Å². The molecule has 1 aromatic heterocycles. The summed E-state index contributed by atoms with van der Waals surface area (Å²) in [6.07, 6.45) is 1.59. The zero-order chi connectivity index (χ0) is 18.7. The van der Waals surface area contributed by atoms with Crippen molar-refractivity contribution in [3.05, 3.63) is 42.7 Å². The number of hydrogen-bond acceptors (Lipinski definition) is 6. The van der Waals surface area contributed by atoms with Crippen molar-refractivity contribution in [2.75, 3.05) is 28.4 Å². The summed E-state index contributed by atoms with van der Waals surface area (Å²) in [6.45, 7) is 0. The minimum atomic E-state index is 0.0391. The van der Waals surface area contributed by atoms with Gasteiger partial charge in [-0.15, -0.1) is 0 Å². The Kier molecular flexibility index (Phi) is 4.93. The van der Waals surface area contributed by atoms with Crippen LogP contribution in [0.25, 0.3) is 22.5 Å². The predicted molar refractivity (Wildman–Crippen MR) is 97.5 cm³/mol. The van der Waals surface area contributed by atoms with Crippen molar-refractivity contribution >= 4 is 0 Å². The lowest BCUT2D eigenvalue weighted by Gasteiger charge is -2.14. The van der Waals surface area contributed by atoms with Gasteiger partial charge in [-0.05, 0) is 42.0 Å². The molecule has 0 atom stereocenters. The molecular formula is C20H20O6. The first-order chi connectivity index (χ1) is 12.6. The number of ether oxygens (including phenoxy) is 4. The van der Waals surface area contributed by atoms with Gasteiger partial charge in [0.05, 0.1) is 34.7 Å². The first kappa shape index (κ1) is 17.5. The van der Waals surface area contributed by atoms with Crippen LogP contribution >= 0.6 is 0 Å². The highest BCUT2D eigenvalue weighted by Gasteiger charge is 2.18. The summed E-state index contributed by atoms with van der Waals surface area (Å²) in [5.41, 5.74) is 2.38. The SMILES string of the molecule is COc1ccc(-c2occc2-c2cc(OC)c(OC)c(OC)c2)cc1O. The molecule has 0 saturated heterocycles. The molecule has 0 unspecified atom stereocenters. The zero-order valence-electron chi connectivity index (χ0n) is 15.0. The Morgan fingerprint density at radius 3 is 1.92 bits per heavy atom. The summed E-state index contributed by atoms with van der Waals surface area (Å²) in [7, 11) is 6.20. The molecule has 0 aliphatic rings. The van der Waals surface area contributed by atoms with Gasteiger partial charge in [0.1, 0.15) is 5.76 Å². The lowest BCUT2D eigenvalue weighted by Crippen LogP contribution is -1.95. The monoisotopic (exact) mass is 356 g/mol. The third-order valence-electron chi connectivity index (χ3n) is 4.08. The molecule has 0 fully saturated rings. The van der Waals surface area contributed by atoms with Crippen LogP contribution in [0.2, 0.25) is 0 Å². The number of phenols is 1. The van der Waals surface area contributed by atoms with E-state index in [2.05, 4.69) is 0 Å². The van der Waals surface area contributed by atoms with Gasteiger partial charge in [-0.2, -0.15) is 0 Å². The van der Waals surface area contributed by atoms with E-state index in [1.54, 1.807) is 39.7 Å². The largest absolute Gasteiger partial charge is 0.504 e. The molecule has 0 saturated carbocycles. The van der Waals surface area contributed by atoms with Crippen molar-refractivity contribution in [2.45, 2.75) is 0 Å². The molecule has 6 nitrogen and oxygen atoms in total. The minimum absolute atomic E-state index is 0.0391. The molecule has 136 valence electrons. The van der Waals surface area contributed by atoms with E-state index in [0.717, 1.165) is 16.7 Å². The number of hydrogen-bond donors (Lipinski definition) is 1. The summed E-state index contributed by atoms with van der Waals surface area (Å²) in [4.78, 5) is 0. The fourth-order valence-electron chi connectivity index (χ4n) is 2.83. The summed E-state index contributed by atoms with van der Waals surface area (Å²) in [5, 5.41) is 10.1. The molecule has 3 rings (SSSR count). The molecule has 0 radical (unpaired) electrons.